The summed E-state index contributed by atoms with van der Waals surface area (Å²) in [4.78, 5) is 16.5. The maximum Gasteiger partial charge on any atom is 0.437 e. The number of carbonyl (C=O) groups is 1. The van der Waals surface area contributed by atoms with Gasteiger partial charge in [-0.1, -0.05) is 11.2 Å². The van der Waals surface area contributed by atoms with Crippen LogP contribution in [-0.4, -0.2) is 41.9 Å². The summed E-state index contributed by atoms with van der Waals surface area (Å²) >= 11 is 0. The third-order valence-electron chi connectivity index (χ3n) is 4.89. The van der Waals surface area contributed by atoms with Crippen molar-refractivity contribution in [3.8, 4) is 0 Å². The van der Waals surface area contributed by atoms with Gasteiger partial charge >= 0.3 is 18.3 Å². The van der Waals surface area contributed by atoms with Gasteiger partial charge < -0.3 is 14.3 Å². The molecule has 0 radical (unpaired) electrons. The van der Waals surface area contributed by atoms with Crippen molar-refractivity contribution >= 4 is 11.7 Å². The summed E-state index contributed by atoms with van der Waals surface area (Å²) in [6.45, 7) is 0.876. The molecule has 0 saturated heterocycles. The fourth-order valence-corrected chi connectivity index (χ4v) is 3.31. The second-order valence-electron chi connectivity index (χ2n) is 6.98. The maximum absolute atomic E-state index is 14.2. The van der Waals surface area contributed by atoms with E-state index in [1.807, 2.05) is 0 Å². The first-order chi connectivity index (χ1) is 14.8. The zero-order valence-electron chi connectivity index (χ0n) is 17.0. The molecule has 7 nitrogen and oxygen atoms in total. The number of ether oxygens (including phenoxy) is 2. The third kappa shape index (κ3) is 4.04. The number of hydrogen-bond acceptors (Lipinski definition) is 6. The van der Waals surface area contributed by atoms with Crippen molar-refractivity contribution < 1.29 is 45.4 Å². The van der Waals surface area contributed by atoms with Gasteiger partial charge in [0.25, 0.3) is 5.60 Å². The molecule has 0 N–H and O–H groups in total. The number of alkyl halides is 6. The van der Waals surface area contributed by atoms with Crippen LogP contribution in [0.2, 0.25) is 0 Å². The highest BCUT2D eigenvalue weighted by molar-refractivity contribution is 6.03. The topological polar surface area (TPSA) is 74.9 Å². The highest BCUT2D eigenvalue weighted by Crippen LogP contribution is 2.49. The lowest BCUT2D eigenvalue weighted by atomic mass is 9.89. The Labute approximate surface area is 177 Å². The fraction of sp³-hybridized carbons (Fsp3) is 0.421. The van der Waals surface area contributed by atoms with Crippen molar-refractivity contribution in [2.24, 2.45) is 5.16 Å². The Morgan fingerprint density at radius 2 is 1.88 bits per heavy atom. The van der Waals surface area contributed by atoms with Gasteiger partial charge in [-0.3, -0.25) is 0 Å². The fourth-order valence-electron chi connectivity index (χ4n) is 3.31. The summed E-state index contributed by atoms with van der Waals surface area (Å²) in [7, 11) is 2.28. The summed E-state index contributed by atoms with van der Waals surface area (Å²) in [5.41, 5.74) is -5.00. The molecule has 3 rings (SSSR count). The lowest BCUT2D eigenvalue weighted by molar-refractivity contribution is -0.278. The molecular weight excluding hydrogens is 448 g/mol. The molecule has 2 heterocycles. The van der Waals surface area contributed by atoms with Crippen LogP contribution in [0.25, 0.3) is 0 Å². The van der Waals surface area contributed by atoms with Gasteiger partial charge in [-0.2, -0.15) is 31.4 Å². The molecule has 1 unspecified atom stereocenters. The molecule has 0 amide bonds. The van der Waals surface area contributed by atoms with E-state index >= 15 is 0 Å². The van der Waals surface area contributed by atoms with E-state index in [2.05, 4.69) is 15.0 Å². The minimum absolute atomic E-state index is 0.166. The van der Waals surface area contributed by atoms with Crippen molar-refractivity contribution in [2.75, 3.05) is 14.2 Å². The van der Waals surface area contributed by atoms with Crippen LogP contribution in [-0.2, 0) is 32.8 Å². The maximum atomic E-state index is 14.2. The number of aromatic nitrogens is 2. The van der Waals surface area contributed by atoms with Gasteiger partial charge in [0.15, 0.2) is 5.69 Å². The summed E-state index contributed by atoms with van der Waals surface area (Å²) < 4.78 is 91.8. The number of methoxy groups -OCH3 is 2. The highest BCUT2D eigenvalue weighted by Gasteiger charge is 2.64. The predicted octanol–water partition coefficient (Wildman–Crippen LogP) is 4.18. The highest BCUT2D eigenvalue weighted by atomic mass is 19.4. The number of halogens is 6. The van der Waals surface area contributed by atoms with E-state index in [9.17, 15) is 31.1 Å². The van der Waals surface area contributed by atoms with Gasteiger partial charge in [-0.25, -0.2) is 9.48 Å². The zero-order valence-corrected chi connectivity index (χ0v) is 17.0. The van der Waals surface area contributed by atoms with Gasteiger partial charge in [0.05, 0.1) is 30.5 Å². The van der Waals surface area contributed by atoms with E-state index in [1.165, 1.54) is 25.3 Å². The lowest BCUT2D eigenvalue weighted by Crippen LogP contribution is -2.44. The molecule has 0 saturated carbocycles. The molecule has 0 bridgehead atoms. The molecule has 13 heteroatoms. The summed E-state index contributed by atoms with van der Waals surface area (Å²) in [5.74, 6) is -0.633. The van der Waals surface area contributed by atoms with E-state index in [0.717, 1.165) is 7.11 Å². The summed E-state index contributed by atoms with van der Waals surface area (Å²) in [6, 6.07) is 4.39. The molecule has 1 aromatic carbocycles. The first-order valence-corrected chi connectivity index (χ1v) is 8.99. The average molecular weight is 465 g/mol. The first kappa shape index (κ1) is 23.6. The van der Waals surface area contributed by atoms with E-state index in [0.29, 0.717) is 10.2 Å². The number of rotatable bonds is 5. The minimum atomic E-state index is -5.15. The number of hydrogen-bond donors (Lipinski definition) is 0. The van der Waals surface area contributed by atoms with Crippen LogP contribution in [0, 0.1) is 6.92 Å². The molecule has 2 aromatic rings. The number of carbonyl (C=O) groups excluding carboxylic acids is 1. The second-order valence-corrected chi connectivity index (χ2v) is 6.98. The number of aryl methyl sites for hydroxylation is 1. The Balaban J connectivity index is 2.05. The Bertz CT molecular complexity index is 1060. The van der Waals surface area contributed by atoms with Crippen molar-refractivity contribution in [3.63, 3.8) is 0 Å². The Hall–Kier alpha value is -3.09. The van der Waals surface area contributed by atoms with Gasteiger partial charge in [0, 0.05) is 7.11 Å². The zero-order chi connectivity index (χ0) is 23.9. The van der Waals surface area contributed by atoms with Crippen molar-refractivity contribution in [2.45, 2.75) is 38.0 Å². The minimum Gasteiger partial charge on any atom is -0.465 e. The van der Waals surface area contributed by atoms with Crippen molar-refractivity contribution in [1.29, 1.82) is 0 Å². The molecule has 0 spiro atoms. The van der Waals surface area contributed by atoms with Gasteiger partial charge in [-0.15, -0.1) is 0 Å². The number of nitrogens with zero attached hydrogens (tertiary/aromatic N) is 3. The van der Waals surface area contributed by atoms with Crippen LogP contribution < -0.4 is 0 Å². The van der Waals surface area contributed by atoms with E-state index in [-0.39, 0.29) is 22.9 Å². The molecule has 0 fully saturated rings. The molecular formula is C19H17F6N3O4. The Morgan fingerprint density at radius 1 is 1.19 bits per heavy atom. The number of esters is 1. The van der Waals surface area contributed by atoms with Crippen LogP contribution in [0.3, 0.4) is 0 Å². The summed E-state index contributed by atoms with van der Waals surface area (Å²) in [5, 5.41) is 6.74. The standard InChI is InChI=1S/C19H17F6N3O4/c1-10-6-11(4-5-12(10)16(29)31-3)13-8-17(32-27-13,19(23,24)25)15-7-14(18(20,21)22)26-28(15)9-30-2/h4-7H,8-9H2,1-3H3. The smallest absolute Gasteiger partial charge is 0.437 e. The first-order valence-electron chi connectivity index (χ1n) is 8.99. The molecule has 1 atom stereocenters. The van der Waals surface area contributed by atoms with Crippen LogP contribution in [0.15, 0.2) is 29.4 Å². The number of benzene rings is 1. The van der Waals surface area contributed by atoms with Gasteiger partial charge in [0.2, 0.25) is 0 Å². The van der Waals surface area contributed by atoms with Crippen LogP contribution in [0.5, 0.6) is 0 Å². The van der Waals surface area contributed by atoms with Crippen LogP contribution in [0.1, 0.15) is 39.3 Å². The van der Waals surface area contributed by atoms with Crippen molar-refractivity contribution in [1.82, 2.24) is 9.78 Å². The SMILES string of the molecule is COCn1nc(C(F)(F)F)cc1C1(C(F)(F)F)CC(c2ccc(C(=O)OC)c(C)c2)=NO1. The quantitative estimate of drug-likeness (QED) is 0.489. The third-order valence-corrected chi connectivity index (χ3v) is 4.89. The lowest BCUT2D eigenvalue weighted by Gasteiger charge is -2.29. The monoisotopic (exact) mass is 465 g/mol. The predicted molar refractivity (Wildman–Crippen MR) is 96.7 cm³/mol. The van der Waals surface area contributed by atoms with E-state index in [1.54, 1.807) is 6.92 Å². The molecule has 1 aliphatic rings. The Kier molecular flexibility index (Phi) is 5.98. The summed E-state index contributed by atoms with van der Waals surface area (Å²) in [6.07, 6.45) is -11.0. The molecule has 32 heavy (non-hydrogen) atoms. The van der Waals surface area contributed by atoms with Gasteiger partial charge in [0.1, 0.15) is 6.73 Å². The van der Waals surface area contributed by atoms with Gasteiger partial charge in [-0.05, 0) is 36.2 Å². The molecule has 0 aliphatic carbocycles. The largest absolute Gasteiger partial charge is 0.465 e. The molecule has 1 aromatic heterocycles. The van der Waals surface area contributed by atoms with E-state index in [4.69, 9.17) is 9.57 Å². The van der Waals surface area contributed by atoms with Crippen LogP contribution >= 0.6 is 0 Å². The second kappa shape index (κ2) is 8.11. The van der Waals surface area contributed by atoms with Crippen molar-refractivity contribution in [3.05, 3.63) is 52.3 Å². The van der Waals surface area contributed by atoms with Crippen LogP contribution in [0.4, 0.5) is 26.3 Å². The van der Waals surface area contributed by atoms with E-state index < -0.39 is 48.5 Å². The molecule has 174 valence electrons. The normalized spacial score (nSPS) is 19.0. The Morgan fingerprint density at radius 3 is 2.41 bits per heavy atom. The average Bonchev–Trinajstić information content (AvgIpc) is 3.32. The number of oxime groups is 1. The molecule has 1 aliphatic heterocycles.